The summed E-state index contributed by atoms with van der Waals surface area (Å²) in [4.78, 5) is 11.9. The molecule has 0 spiro atoms. The quantitative estimate of drug-likeness (QED) is 0.828. The van der Waals surface area contributed by atoms with Crippen LogP contribution in [-0.2, 0) is 0 Å². The number of carbonyl (C=O) groups is 1. The van der Waals surface area contributed by atoms with E-state index in [9.17, 15) is 4.79 Å². The van der Waals surface area contributed by atoms with Gasteiger partial charge in [0.05, 0.1) is 22.3 Å². The lowest BCUT2D eigenvalue weighted by Gasteiger charge is -2.11. The molecule has 110 valence electrons. The number of ether oxygens (including phenoxy) is 1. The molecule has 0 atom stereocenters. The number of amides is 2. The van der Waals surface area contributed by atoms with Crippen molar-refractivity contribution in [3.63, 3.8) is 0 Å². The molecule has 0 aliphatic heterocycles. The van der Waals surface area contributed by atoms with Crippen molar-refractivity contribution in [3.8, 4) is 5.75 Å². The van der Waals surface area contributed by atoms with Crippen LogP contribution in [0.25, 0.3) is 0 Å². The largest absolute Gasteiger partial charge is 0.494 e. The third kappa shape index (κ3) is 4.28. The van der Waals surface area contributed by atoms with Gasteiger partial charge in [0.25, 0.3) is 0 Å². The van der Waals surface area contributed by atoms with Gasteiger partial charge in [-0.3, -0.25) is 0 Å². The fourth-order valence-electron chi connectivity index (χ4n) is 1.69. The third-order valence-electron chi connectivity index (χ3n) is 2.62. The van der Waals surface area contributed by atoms with Gasteiger partial charge in [-0.1, -0.05) is 29.3 Å². The minimum absolute atomic E-state index is 0.379. The number of urea groups is 1. The lowest BCUT2D eigenvalue weighted by molar-refractivity contribution is 0.262. The monoisotopic (exact) mass is 324 g/mol. The van der Waals surface area contributed by atoms with Gasteiger partial charge in [0, 0.05) is 5.69 Å². The van der Waals surface area contributed by atoms with E-state index in [4.69, 9.17) is 27.9 Å². The Balaban J connectivity index is 2.01. The first-order valence-corrected chi connectivity index (χ1v) is 7.10. The fraction of sp³-hybridized carbons (Fsp3) is 0.133. The van der Waals surface area contributed by atoms with Gasteiger partial charge >= 0.3 is 6.03 Å². The maximum atomic E-state index is 11.9. The summed E-state index contributed by atoms with van der Waals surface area (Å²) in [6.07, 6.45) is 0. The van der Waals surface area contributed by atoms with E-state index in [1.807, 2.05) is 6.92 Å². The average molecular weight is 325 g/mol. The summed E-state index contributed by atoms with van der Waals surface area (Å²) in [6.45, 7) is 2.51. The van der Waals surface area contributed by atoms with Gasteiger partial charge in [-0.15, -0.1) is 0 Å². The number of halogens is 2. The SMILES string of the molecule is CCOc1ccc(NC(=O)Nc2c(Cl)cccc2Cl)cc1. The van der Waals surface area contributed by atoms with Gasteiger partial charge in [0.1, 0.15) is 5.75 Å². The minimum atomic E-state index is -0.422. The van der Waals surface area contributed by atoms with E-state index in [-0.39, 0.29) is 0 Å². The predicted octanol–water partition coefficient (Wildman–Crippen LogP) is 5.04. The summed E-state index contributed by atoms with van der Waals surface area (Å²) < 4.78 is 5.33. The maximum absolute atomic E-state index is 11.9. The summed E-state index contributed by atoms with van der Waals surface area (Å²) in [5.41, 5.74) is 1.02. The van der Waals surface area contributed by atoms with Crippen LogP contribution in [0, 0.1) is 0 Å². The molecule has 0 radical (unpaired) electrons. The zero-order chi connectivity index (χ0) is 15.2. The summed E-state index contributed by atoms with van der Waals surface area (Å²) >= 11 is 12.0. The average Bonchev–Trinajstić information content (AvgIpc) is 2.45. The van der Waals surface area contributed by atoms with Gasteiger partial charge in [-0.2, -0.15) is 0 Å². The molecule has 4 nitrogen and oxygen atoms in total. The van der Waals surface area contributed by atoms with E-state index in [0.717, 1.165) is 5.75 Å². The Morgan fingerprint density at radius 3 is 2.24 bits per heavy atom. The van der Waals surface area contributed by atoms with Crippen molar-refractivity contribution in [1.29, 1.82) is 0 Å². The molecular weight excluding hydrogens is 311 g/mol. The van der Waals surface area contributed by atoms with Crippen LogP contribution in [0.2, 0.25) is 10.0 Å². The van der Waals surface area contributed by atoms with Crippen molar-refractivity contribution < 1.29 is 9.53 Å². The molecule has 0 aliphatic carbocycles. The van der Waals surface area contributed by atoms with E-state index in [0.29, 0.717) is 28.0 Å². The maximum Gasteiger partial charge on any atom is 0.323 e. The molecule has 2 rings (SSSR count). The number of nitrogens with one attached hydrogen (secondary N) is 2. The first-order valence-electron chi connectivity index (χ1n) is 6.35. The second-order valence-corrected chi connectivity index (χ2v) is 4.95. The van der Waals surface area contributed by atoms with Gasteiger partial charge in [0.2, 0.25) is 0 Å². The number of hydrogen-bond donors (Lipinski definition) is 2. The fourth-order valence-corrected chi connectivity index (χ4v) is 2.19. The van der Waals surface area contributed by atoms with E-state index in [1.54, 1.807) is 42.5 Å². The van der Waals surface area contributed by atoms with Crippen LogP contribution in [-0.4, -0.2) is 12.6 Å². The van der Waals surface area contributed by atoms with Crippen molar-refractivity contribution in [2.45, 2.75) is 6.92 Å². The van der Waals surface area contributed by atoms with Crippen molar-refractivity contribution in [3.05, 3.63) is 52.5 Å². The second kappa shape index (κ2) is 7.20. The highest BCUT2D eigenvalue weighted by atomic mass is 35.5. The van der Waals surface area contributed by atoms with Crippen LogP contribution >= 0.6 is 23.2 Å². The number of para-hydroxylation sites is 1. The van der Waals surface area contributed by atoms with Crippen LogP contribution < -0.4 is 15.4 Å². The van der Waals surface area contributed by atoms with Gasteiger partial charge in [-0.25, -0.2) is 4.79 Å². The molecule has 0 aromatic heterocycles. The van der Waals surface area contributed by atoms with Crippen molar-refractivity contribution in [2.75, 3.05) is 17.2 Å². The highest BCUT2D eigenvalue weighted by Gasteiger charge is 2.09. The van der Waals surface area contributed by atoms with Crippen LogP contribution in [0.5, 0.6) is 5.75 Å². The zero-order valence-electron chi connectivity index (χ0n) is 11.3. The molecule has 0 aliphatic rings. The van der Waals surface area contributed by atoms with E-state index >= 15 is 0 Å². The summed E-state index contributed by atoms with van der Waals surface area (Å²) in [7, 11) is 0. The Bertz CT molecular complexity index is 610. The Morgan fingerprint density at radius 1 is 1.05 bits per heavy atom. The normalized spacial score (nSPS) is 10.0. The predicted molar refractivity (Wildman–Crippen MR) is 86.7 cm³/mol. The number of carbonyl (C=O) groups excluding carboxylic acids is 1. The highest BCUT2D eigenvalue weighted by Crippen LogP contribution is 2.29. The second-order valence-electron chi connectivity index (χ2n) is 4.13. The van der Waals surface area contributed by atoms with E-state index < -0.39 is 6.03 Å². The summed E-state index contributed by atoms with van der Waals surface area (Å²) in [5, 5.41) is 6.07. The molecule has 0 heterocycles. The number of benzene rings is 2. The minimum Gasteiger partial charge on any atom is -0.494 e. The Kier molecular flexibility index (Phi) is 5.31. The summed E-state index contributed by atoms with van der Waals surface area (Å²) in [5.74, 6) is 0.748. The Morgan fingerprint density at radius 2 is 1.67 bits per heavy atom. The third-order valence-corrected chi connectivity index (χ3v) is 3.25. The number of hydrogen-bond acceptors (Lipinski definition) is 2. The zero-order valence-corrected chi connectivity index (χ0v) is 12.8. The topological polar surface area (TPSA) is 50.4 Å². The lowest BCUT2D eigenvalue weighted by Crippen LogP contribution is -2.19. The van der Waals surface area contributed by atoms with E-state index in [1.165, 1.54) is 0 Å². The first kappa shape index (κ1) is 15.5. The van der Waals surface area contributed by atoms with Crippen molar-refractivity contribution >= 4 is 40.6 Å². The molecule has 2 aromatic rings. The molecule has 2 N–H and O–H groups in total. The van der Waals surface area contributed by atoms with Crippen LogP contribution in [0.3, 0.4) is 0 Å². The molecular formula is C15H14Cl2N2O2. The van der Waals surface area contributed by atoms with Gasteiger partial charge in [0.15, 0.2) is 0 Å². The Hall–Kier alpha value is -1.91. The molecule has 0 bridgehead atoms. The number of anilines is 2. The lowest BCUT2D eigenvalue weighted by atomic mass is 10.3. The standard InChI is InChI=1S/C15H14Cl2N2O2/c1-2-21-11-8-6-10(7-9-11)18-15(20)19-14-12(16)4-3-5-13(14)17/h3-9H,2H2,1H3,(H2,18,19,20). The van der Waals surface area contributed by atoms with Crippen LogP contribution in [0.4, 0.5) is 16.2 Å². The van der Waals surface area contributed by atoms with Crippen molar-refractivity contribution in [1.82, 2.24) is 0 Å². The van der Waals surface area contributed by atoms with Crippen LogP contribution in [0.1, 0.15) is 6.92 Å². The Labute approximate surface area is 133 Å². The smallest absolute Gasteiger partial charge is 0.323 e. The van der Waals surface area contributed by atoms with Crippen LogP contribution in [0.15, 0.2) is 42.5 Å². The van der Waals surface area contributed by atoms with Crippen molar-refractivity contribution in [2.24, 2.45) is 0 Å². The molecule has 21 heavy (non-hydrogen) atoms. The molecule has 2 amide bonds. The van der Waals surface area contributed by atoms with E-state index in [2.05, 4.69) is 10.6 Å². The molecule has 0 saturated carbocycles. The molecule has 0 unspecified atom stereocenters. The molecule has 0 saturated heterocycles. The number of rotatable bonds is 4. The first-order chi connectivity index (χ1) is 10.1. The highest BCUT2D eigenvalue weighted by molar-refractivity contribution is 6.39. The molecule has 2 aromatic carbocycles. The van der Waals surface area contributed by atoms with Gasteiger partial charge < -0.3 is 15.4 Å². The summed E-state index contributed by atoms with van der Waals surface area (Å²) in [6, 6.07) is 11.6. The molecule has 6 heteroatoms. The van der Waals surface area contributed by atoms with Gasteiger partial charge in [-0.05, 0) is 43.3 Å². The molecule has 0 fully saturated rings.